The molecule has 0 aromatic heterocycles. The molecule has 2 atom stereocenters. The van der Waals surface area contributed by atoms with Crippen LogP contribution in [0.25, 0.3) is 0 Å². The van der Waals surface area contributed by atoms with Crippen molar-refractivity contribution in [3.63, 3.8) is 0 Å². The Morgan fingerprint density at radius 1 is 0.282 bits per heavy atom. The first-order valence-corrected chi connectivity index (χ1v) is 33.7. The van der Waals surface area contributed by atoms with Gasteiger partial charge in [0.2, 0.25) is 5.91 Å². The fraction of sp³-hybridized carbons (Fsp3) is 0.985. The summed E-state index contributed by atoms with van der Waals surface area (Å²) in [4.78, 5) is 12.5. The maximum Gasteiger partial charge on any atom is 0.220 e. The highest BCUT2D eigenvalue weighted by molar-refractivity contribution is 5.76. The number of unbranched alkanes of at least 4 members (excludes halogenated alkanes) is 57. The molecule has 4 heteroatoms. The van der Waals surface area contributed by atoms with E-state index in [9.17, 15) is 15.0 Å². The molecular formula is C67H135NO3. The van der Waals surface area contributed by atoms with Crippen LogP contribution in [0.5, 0.6) is 0 Å². The molecule has 0 saturated carbocycles. The summed E-state index contributed by atoms with van der Waals surface area (Å²) in [6.07, 6.45) is 83.0. The first kappa shape index (κ1) is 70.4. The van der Waals surface area contributed by atoms with Gasteiger partial charge in [0, 0.05) is 6.42 Å². The molecule has 0 rings (SSSR count). The van der Waals surface area contributed by atoms with E-state index >= 15 is 0 Å². The van der Waals surface area contributed by atoms with E-state index in [4.69, 9.17) is 0 Å². The Morgan fingerprint density at radius 3 is 0.634 bits per heavy atom. The van der Waals surface area contributed by atoms with Gasteiger partial charge in [-0.15, -0.1) is 0 Å². The largest absolute Gasteiger partial charge is 0.394 e. The van der Waals surface area contributed by atoms with Crippen LogP contribution in [0.3, 0.4) is 0 Å². The fourth-order valence-corrected chi connectivity index (χ4v) is 11.3. The summed E-state index contributed by atoms with van der Waals surface area (Å²) in [5.41, 5.74) is 0. The third-order valence-electron chi connectivity index (χ3n) is 16.4. The third-order valence-corrected chi connectivity index (χ3v) is 16.4. The number of carbonyl (C=O) groups excluding carboxylic acids is 1. The van der Waals surface area contributed by atoms with Crippen molar-refractivity contribution in [1.29, 1.82) is 0 Å². The van der Waals surface area contributed by atoms with Crippen LogP contribution in [0.4, 0.5) is 0 Å². The summed E-state index contributed by atoms with van der Waals surface area (Å²) in [6.45, 7) is 4.42. The van der Waals surface area contributed by atoms with Gasteiger partial charge in [-0.2, -0.15) is 0 Å². The molecule has 0 aromatic carbocycles. The van der Waals surface area contributed by atoms with E-state index in [0.717, 1.165) is 25.7 Å². The quantitative estimate of drug-likeness (QED) is 0.0532. The summed E-state index contributed by atoms with van der Waals surface area (Å²) in [5.74, 6) is -0.0196. The van der Waals surface area contributed by atoms with Crippen LogP contribution >= 0.6 is 0 Å². The minimum absolute atomic E-state index is 0.0196. The lowest BCUT2D eigenvalue weighted by Gasteiger charge is -2.22. The van der Waals surface area contributed by atoms with Crippen molar-refractivity contribution in [1.82, 2.24) is 5.32 Å². The molecule has 1 amide bonds. The summed E-state index contributed by atoms with van der Waals surface area (Å²) in [6, 6.07) is -0.532. The average molecular weight is 1000 g/mol. The van der Waals surface area contributed by atoms with E-state index in [1.807, 2.05) is 0 Å². The molecule has 0 radical (unpaired) electrons. The molecule has 0 aliphatic rings. The first-order valence-electron chi connectivity index (χ1n) is 33.7. The standard InChI is InChI=1S/C67H135NO3/c1-3-5-7-9-11-13-15-17-19-21-23-25-27-29-30-31-32-33-34-35-36-37-39-41-43-45-47-49-51-53-55-57-59-61-63-67(71)68-65(64-69)66(70)62-60-58-56-54-52-50-48-46-44-42-40-38-28-26-24-22-20-18-16-14-12-10-8-6-4-2/h65-66,69-70H,3-64H2,1-2H3,(H,68,71). The Kier molecular flexibility index (Phi) is 63.1. The molecule has 0 aliphatic heterocycles. The number of rotatable bonds is 64. The molecule has 0 aromatic rings. The maximum absolute atomic E-state index is 12.5. The molecule has 71 heavy (non-hydrogen) atoms. The van der Waals surface area contributed by atoms with E-state index in [0.29, 0.717) is 12.8 Å². The van der Waals surface area contributed by atoms with Crippen LogP contribution in [-0.2, 0) is 4.79 Å². The Labute approximate surface area is 448 Å². The van der Waals surface area contributed by atoms with Gasteiger partial charge in [-0.05, 0) is 12.8 Å². The second kappa shape index (κ2) is 63.7. The minimum atomic E-state index is -0.656. The lowest BCUT2D eigenvalue weighted by atomic mass is 10.0. The highest BCUT2D eigenvalue weighted by atomic mass is 16.3. The monoisotopic (exact) mass is 1000 g/mol. The Hall–Kier alpha value is -0.610. The lowest BCUT2D eigenvalue weighted by Crippen LogP contribution is -2.45. The topological polar surface area (TPSA) is 69.6 Å². The van der Waals surface area contributed by atoms with Crippen LogP contribution in [0.15, 0.2) is 0 Å². The predicted molar refractivity (Wildman–Crippen MR) is 318 cm³/mol. The molecule has 426 valence electrons. The van der Waals surface area contributed by atoms with Gasteiger partial charge in [-0.3, -0.25) is 4.79 Å². The van der Waals surface area contributed by atoms with Crippen LogP contribution < -0.4 is 5.32 Å². The van der Waals surface area contributed by atoms with E-state index in [1.165, 1.54) is 353 Å². The van der Waals surface area contributed by atoms with Gasteiger partial charge in [-0.1, -0.05) is 386 Å². The summed E-state index contributed by atoms with van der Waals surface area (Å²) >= 11 is 0. The SMILES string of the molecule is CCCCCCCCCCCCCCCCCCCCCCCCCCCCCCCCCCCCC(=O)NC(CO)C(O)CCCCCCCCCCCCCCCCCCCCCCCCCCC. The van der Waals surface area contributed by atoms with Crippen molar-refractivity contribution in [3.8, 4) is 0 Å². The number of amides is 1. The van der Waals surface area contributed by atoms with Gasteiger partial charge in [0.15, 0.2) is 0 Å². The average Bonchev–Trinajstić information content (AvgIpc) is 3.37. The maximum atomic E-state index is 12.5. The molecule has 0 aliphatic carbocycles. The van der Waals surface area contributed by atoms with Crippen LogP contribution in [-0.4, -0.2) is 34.9 Å². The smallest absolute Gasteiger partial charge is 0.220 e. The molecule has 4 nitrogen and oxygen atoms in total. The number of carbonyl (C=O) groups is 1. The van der Waals surface area contributed by atoms with Crippen molar-refractivity contribution in [3.05, 3.63) is 0 Å². The molecule has 2 unspecified atom stereocenters. The van der Waals surface area contributed by atoms with Crippen LogP contribution in [0, 0.1) is 0 Å². The normalized spacial score (nSPS) is 12.6. The predicted octanol–water partition coefficient (Wildman–Crippen LogP) is 22.7. The summed E-state index contributed by atoms with van der Waals surface area (Å²) in [5, 5.41) is 23.4. The molecule has 0 heterocycles. The molecule has 0 fully saturated rings. The van der Waals surface area contributed by atoms with E-state index in [-0.39, 0.29) is 12.5 Å². The van der Waals surface area contributed by atoms with Crippen molar-refractivity contribution in [2.45, 2.75) is 418 Å². The van der Waals surface area contributed by atoms with Gasteiger partial charge < -0.3 is 15.5 Å². The number of aliphatic hydroxyl groups is 2. The molecule has 0 bridgehead atoms. The van der Waals surface area contributed by atoms with Gasteiger partial charge in [-0.25, -0.2) is 0 Å². The van der Waals surface area contributed by atoms with Crippen LogP contribution in [0.1, 0.15) is 406 Å². The highest BCUT2D eigenvalue weighted by Crippen LogP contribution is 2.20. The lowest BCUT2D eigenvalue weighted by molar-refractivity contribution is -0.123. The summed E-state index contributed by atoms with van der Waals surface area (Å²) in [7, 11) is 0. The zero-order chi connectivity index (χ0) is 51.3. The number of hydrogen-bond acceptors (Lipinski definition) is 3. The van der Waals surface area contributed by atoms with Crippen molar-refractivity contribution in [2.24, 2.45) is 0 Å². The van der Waals surface area contributed by atoms with Gasteiger partial charge in [0.1, 0.15) is 0 Å². The van der Waals surface area contributed by atoms with E-state index < -0.39 is 12.1 Å². The molecule has 0 spiro atoms. The molecule has 0 saturated heterocycles. The zero-order valence-electron chi connectivity index (χ0n) is 49.3. The Balaban J connectivity index is 3.35. The Morgan fingerprint density at radius 2 is 0.451 bits per heavy atom. The first-order chi connectivity index (χ1) is 35.2. The molecular weight excluding hydrogens is 867 g/mol. The number of aliphatic hydroxyl groups excluding tert-OH is 2. The molecule has 3 N–H and O–H groups in total. The minimum Gasteiger partial charge on any atom is -0.394 e. The second-order valence-corrected chi connectivity index (χ2v) is 23.6. The zero-order valence-corrected chi connectivity index (χ0v) is 49.3. The van der Waals surface area contributed by atoms with Gasteiger partial charge in [0.05, 0.1) is 18.8 Å². The van der Waals surface area contributed by atoms with Crippen molar-refractivity contribution in [2.75, 3.05) is 6.61 Å². The van der Waals surface area contributed by atoms with Crippen LogP contribution in [0.2, 0.25) is 0 Å². The third kappa shape index (κ3) is 60.1. The number of hydrogen-bond donors (Lipinski definition) is 3. The second-order valence-electron chi connectivity index (χ2n) is 23.6. The Bertz CT molecular complexity index is 956. The number of nitrogens with one attached hydrogen (secondary N) is 1. The van der Waals surface area contributed by atoms with Gasteiger partial charge >= 0.3 is 0 Å². The highest BCUT2D eigenvalue weighted by Gasteiger charge is 2.20. The van der Waals surface area contributed by atoms with Crippen molar-refractivity contribution < 1.29 is 15.0 Å². The fourth-order valence-electron chi connectivity index (χ4n) is 11.3. The van der Waals surface area contributed by atoms with E-state index in [2.05, 4.69) is 19.2 Å². The van der Waals surface area contributed by atoms with E-state index in [1.54, 1.807) is 0 Å². The summed E-state index contributed by atoms with van der Waals surface area (Å²) < 4.78 is 0. The van der Waals surface area contributed by atoms with Crippen molar-refractivity contribution >= 4 is 5.91 Å². The van der Waals surface area contributed by atoms with Gasteiger partial charge in [0.25, 0.3) is 0 Å².